The summed E-state index contributed by atoms with van der Waals surface area (Å²) in [6, 6.07) is 9.65. The van der Waals surface area contributed by atoms with Crippen LogP contribution in [0.5, 0.6) is 0 Å². The van der Waals surface area contributed by atoms with Crippen molar-refractivity contribution in [2.45, 2.75) is 19.8 Å². The van der Waals surface area contributed by atoms with Crippen molar-refractivity contribution in [2.24, 2.45) is 13.0 Å². The first-order chi connectivity index (χ1) is 8.69. The highest BCUT2D eigenvalue weighted by Crippen LogP contribution is 2.21. The van der Waals surface area contributed by atoms with Gasteiger partial charge in [0, 0.05) is 12.4 Å². The van der Waals surface area contributed by atoms with Crippen molar-refractivity contribution in [1.82, 2.24) is 9.78 Å². The molecule has 92 valence electrons. The van der Waals surface area contributed by atoms with E-state index in [0.29, 0.717) is 12.1 Å². The molecule has 0 aliphatic rings. The van der Waals surface area contributed by atoms with Gasteiger partial charge in [-0.25, -0.2) is 0 Å². The van der Waals surface area contributed by atoms with E-state index in [1.54, 1.807) is 11.7 Å². The predicted molar refractivity (Wildman–Crippen MR) is 69.1 cm³/mol. The highest BCUT2D eigenvalue weighted by atomic mass is 16.1. The second-order valence-corrected chi connectivity index (χ2v) is 4.32. The molecule has 1 aromatic carbocycles. The molecule has 0 radical (unpaired) electrons. The van der Waals surface area contributed by atoms with E-state index in [1.165, 1.54) is 0 Å². The van der Waals surface area contributed by atoms with E-state index >= 15 is 0 Å². The van der Waals surface area contributed by atoms with E-state index in [4.69, 9.17) is 5.26 Å². The minimum absolute atomic E-state index is 0.170. The van der Waals surface area contributed by atoms with E-state index in [9.17, 15) is 4.79 Å². The first-order valence-corrected chi connectivity index (χ1v) is 6.04. The number of ketones is 1. The van der Waals surface area contributed by atoms with Gasteiger partial charge in [0.25, 0.3) is 0 Å². The Morgan fingerprint density at radius 1 is 1.50 bits per heavy atom. The molecule has 1 aromatic heterocycles. The summed E-state index contributed by atoms with van der Waals surface area (Å²) >= 11 is 0. The number of nitriles is 1. The molecule has 4 heteroatoms. The van der Waals surface area contributed by atoms with Gasteiger partial charge in [-0.05, 0) is 12.5 Å². The third-order valence-electron chi connectivity index (χ3n) is 3.04. The lowest BCUT2D eigenvalue weighted by atomic mass is 9.96. The van der Waals surface area contributed by atoms with Crippen LogP contribution in [0, 0.1) is 17.2 Å². The number of nitrogens with zero attached hydrogens (tertiary/aromatic N) is 3. The van der Waals surface area contributed by atoms with Crippen LogP contribution >= 0.6 is 0 Å². The number of Topliss-reactive ketones (excluding diaryl/α,β-unsaturated/α-hetero) is 1. The summed E-state index contributed by atoms with van der Waals surface area (Å²) in [6.45, 7) is 1.97. The van der Waals surface area contributed by atoms with E-state index < -0.39 is 5.92 Å². The van der Waals surface area contributed by atoms with Crippen molar-refractivity contribution in [3.8, 4) is 6.07 Å². The molecule has 0 saturated carbocycles. The second-order valence-electron chi connectivity index (χ2n) is 4.32. The Hall–Kier alpha value is -2.15. The van der Waals surface area contributed by atoms with Crippen molar-refractivity contribution in [3.63, 3.8) is 0 Å². The van der Waals surface area contributed by atoms with Gasteiger partial charge >= 0.3 is 0 Å². The maximum absolute atomic E-state index is 12.3. The molecule has 2 aromatic rings. The van der Waals surface area contributed by atoms with E-state index in [1.807, 2.05) is 31.2 Å². The first kappa shape index (κ1) is 12.3. The number of fused-ring (bicyclic) bond motifs is 1. The highest BCUT2D eigenvalue weighted by Gasteiger charge is 2.23. The number of aryl methyl sites for hydroxylation is 1. The van der Waals surface area contributed by atoms with E-state index in [2.05, 4.69) is 11.2 Å². The molecule has 0 N–H and O–H groups in total. The summed E-state index contributed by atoms with van der Waals surface area (Å²) in [6.07, 6.45) is 1.40. The summed E-state index contributed by atoms with van der Waals surface area (Å²) in [5.74, 6) is -0.760. The van der Waals surface area contributed by atoms with E-state index in [0.717, 1.165) is 17.3 Å². The molecule has 2 rings (SSSR count). The fourth-order valence-corrected chi connectivity index (χ4v) is 2.10. The Morgan fingerprint density at radius 2 is 2.22 bits per heavy atom. The quantitative estimate of drug-likeness (QED) is 0.773. The summed E-state index contributed by atoms with van der Waals surface area (Å²) in [5, 5.41) is 14.1. The molecule has 0 saturated heterocycles. The number of carbonyl (C=O) groups excluding carboxylic acids is 1. The summed E-state index contributed by atoms with van der Waals surface area (Å²) in [7, 11) is 1.81. The number of hydrogen-bond donors (Lipinski definition) is 0. The van der Waals surface area contributed by atoms with Gasteiger partial charge in [0.1, 0.15) is 11.6 Å². The van der Waals surface area contributed by atoms with Gasteiger partial charge in [0.15, 0.2) is 0 Å². The molecule has 1 atom stereocenters. The third-order valence-corrected chi connectivity index (χ3v) is 3.04. The predicted octanol–water partition coefficient (Wildman–Crippen LogP) is 2.70. The fourth-order valence-electron chi connectivity index (χ4n) is 2.10. The minimum Gasteiger partial charge on any atom is -0.291 e. The van der Waals surface area contributed by atoms with Crippen LogP contribution in [0.1, 0.15) is 30.3 Å². The Balaban J connectivity index is 2.48. The maximum atomic E-state index is 12.3. The van der Waals surface area contributed by atoms with Gasteiger partial charge in [-0.2, -0.15) is 10.4 Å². The number of hydrogen-bond acceptors (Lipinski definition) is 3. The largest absolute Gasteiger partial charge is 0.291 e. The van der Waals surface area contributed by atoms with Crippen molar-refractivity contribution >= 4 is 16.7 Å². The van der Waals surface area contributed by atoms with Crippen molar-refractivity contribution < 1.29 is 4.79 Å². The van der Waals surface area contributed by atoms with Crippen LogP contribution in [0.4, 0.5) is 0 Å². The lowest BCUT2D eigenvalue weighted by Gasteiger charge is -2.03. The molecular weight excluding hydrogens is 226 g/mol. The molecule has 1 heterocycles. The van der Waals surface area contributed by atoms with Crippen molar-refractivity contribution in [3.05, 3.63) is 30.0 Å². The fraction of sp³-hybridized carbons (Fsp3) is 0.357. The Morgan fingerprint density at radius 3 is 2.89 bits per heavy atom. The van der Waals surface area contributed by atoms with Gasteiger partial charge in [0.05, 0.1) is 11.6 Å². The number of aromatic nitrogens is 2. The van der Waals surface area contributed by atoms with Crippen LogP contribution in [0.3, 0.4) is 0 Å². The van der Waals surface area contributed by atoms with Crippen LogP contribution in [-0.4, -0.2) is 15.6 Å². The maximum Gasteiger partial charge on any atom is 0.200 e. The van der Waals surface area contributed by atoms with Crippen LogP contribution in [0.25, 0.3) is 10.9 Å². The average Bonchev–Trinajstić information content (AvgIpc) is 2.73. The summed E-state index contributed by atoms with van der Waals surface area (Å²) in [4.78, 5) is 12.3. The van der Waals surface area contributed by atoms with Gasteiger partial charge in [0.2, 0.25) is 5.78 Å². The standard InChI is InChI=1S/C14H15N3O/c1-3-6-10(9-15)14(18)13-11-7-4-5-8-12(11)17(2)16-13/h4-5,7-8,10H,3,6H2,1-2H3. The molecule has 0 spiro atoms. The lowest BCUT2D eigenvalue weighted by molar-refractivity contribution is 0.0939. The SMILES string of the molecule is CCCC(C#N)C(=O)c1nn(C)c2ccccc12. The average molecular weight is 241 g/mol. The molecule has 18 heavy (non-hydrogen) atoms. The van der Waals surface area contributed by atoms with Crippen LogP contribution in [-0.2, 0) is 7.05 Å². The lowest BCUT2D eigenvalue weighted by Crippen LogP contribution is -2.14. The van der Waals surface area contributed by atoms with Crippen molar-refractivity contribution in [1.29, 1.82) is 5.26 Å². The molecule has 4 nitrogen and oxygen atoms in total. The zero-order valence-electron chi connectivity index (χ0n) is 10.6. The molecule has 0 amide bonds. The van der Waals surface area contributed by atoms with E-state index in [-0.39, 0.29) is 5.78 Å². The minimum atomic E-state index is -0.590. The van der Waals surface area contributed by atoms with Gasteiger partial charge in [-0.15, -0.1) is 0 Å². The number of carbonyl (C=O) groups is 1. The normalized spacial score (nSPS) is 12.3. The Bertz CT molecular complexity index is 621. The third kappa shape index (κ3) is 2.00. The van der Waals surface area contributed by atoms with Gasteiger partial charge < -0.3 is 0 Å². The monoisotopic (exact) mass is 241 g/mol. The molecule has 0 bridgehead atoms. The number of rotatable bonds is 4. The summed E-state index contributed by atoms with van der Waals surface area (Å²) in [5.41, 5.74) is 1.32. The van der Waals surface area contributed by atoms with Crippen LogP contribution < -0.4 is 0 Å². The second kappa shape index (κ2) is 5.01. The zero-order chi connectivity index (χ0) is 13.1. The smallest absolute Gasteiger partial charge is 0.200 e. The molecule has 1 unspecified atom stereocenters. The molecule has 0 fully saturated rings. The van der Waals surface area contributed by atoms with Gasteiger partial charge in [-0.3, -0.25) is 9.48 Å². The zero-order valence-corrected chi connectivity index (χ0v) is 10.6. The highest BCUT2D eigenvalue weighted by molar-refractivity contribution is 6.07. The first-order valence-electron chi connectivity index (χ1n) is 6.04. The van der Waals surface area contributed by atoms with Crippen LogP contribution in [0.15, 0.2) is 24.3 Å². The number of benzene rings is 1. The topological polar surface area (TPSA) is 58.7 Å². The number of para-hydroxylation sites is 1. The Labute approximate surface area is 106 Å². The van der Waals surface area contributed by atoms with Crippen LogP contribution in [0.2, 0.25) is 0 Å². The van der Waals surface area contributed by atoms with Crippen molar-refractivity contribution in [2.75, 3.05) is 0 Å². The molecule has 0 aliphatic heterocycles. The summed E-state index contributed by atoms with van der Waals surface area (Å²) < 4.78 is 1.68. The van der Waals surface area contributed by atoms with Gasteiger partial charge in [-0.1, -0.05) is 31.5 Å². The molecular formula is C14H15N3O. The molecule has 0 aliphatic carbocycles. The Kier molecular flexibility index (Phi) is 3.42.